The number of rotatable bonds is 7. The first-order valence-electron chi connectivity index (χ1n) is 4.60. The number of quaternary nitrogens is 1. The molecule has 1 aromatic heterocycles. The third kappa shape index (κ3) is 4.81. The van der Waals surface area contributed by atoms with Crippen molar-refractivity contribution in [3.05, 3.63) is 30.2 Å². The Hall–Kier alpha value is -0.290. The SMILES string of the molecule is C=CC[NH2+]C[C@H](O)CSc1cccs1. The molecule has 78 valence electrons. The highest BCUT2D eigenvalue weighted by atomic mass is 32.2. The standard InChI is InChI=1S/C10H15NOS2/c1-2-5-11-7-9(12)8-14-10-4-3-6-13-10/h2-4,6,9,11-12H,1,5,7-8H2/p+1/t9-/m0/s1. The van der Waals surface area contributed by atoms with Crippen LogP contribution in [-0.4, -0.2) is 30.1 Å². The summed E-state index contributed by atoms with van der Waals surface area (Å²) in [6.07, 6.45) is 1.61. The second-order valence-electron chi connectivity index (χ2n) is 2.95. The fourth-order valence-corrected chi connectivity index (χ4v) is 2.76. The lowest BCUT2D eigenvalue weighted by Gasteiger charge is -2.06. The van der Waals surface area contributed by atoms with Gasteiger partial charge in [-0.2, -0.15) is 0 Å². The van der Waals surface area contributed by atoms with Crippen LogP contribution in [-0.2, 0) is 0 Å². The van der Waals surface area contributed by atoms with Crippen molar-refractivity contribution >= 4 is 23.1 Å². The Labute approximate surface area is 93.0 Å². The highest BCUT2D eigenvalue weighted by Gasteiger charge is 2.06. The zero-order valence-electron chi connectivity index (χ0n) is 8.06. The molecule has 0 bridgehead atoms. The number of aliphatic hydroxyl groups is 1. The Morgan fingerprint density at radius 3 is 3.21 bits per heavy atom. The van der Waals surface area contributed by atoms with Crippen LogP contribution in [0.1, 0.15) is 0 Å². The maximum absolute atomic E-state index is 9.59. The monoisotopic (exact) mass is 230 g/mol. The predicted octanol–water partition coefficient (Wildman–Crippen LogP) is 0.951. The summed E-state index contributed by atoms with van der Waals surface area (Å²) in [6.45, 7) is 5.26. The van der Waals surface area contributed by atoms with E-state index in [-0.39, 0.29) is 6.10 Å². The summed E-state index contributed by atoms with van der Waals surface area (Å²) in [4.78, 5) is 0. The van der Waals surface area contributed by atoms with Crippen molar-refractivity contribution in [2.75, 3.05) is 18.8 Å². The van der Waals surface area contributed by atoms with Crippen molar-refractivity contribution in [2.45, 2.75) is 10.3 Å². The highest BCUT2D eigenvalue weighted by Crippen LogP contribution is 2.23. The summed E-state index contributed by atoms with van der Waals surface area (Å²) >= 11 is 3.43. The highest BCUT2D eigenvalue weighted by molar-refractivity contribution is 8.01. The van der Waals surface area contributed by atoms with Gasteiger partial charge in [0, 0.05) is 5.75 Å². The molecule has 0 aromatic carbocycles. The first-order valence-corrected chi connectivity index (χ1v) is 6.46. The summed E-state index contributed by atoms with van der Waals surface area (Å²) < 4.78 is 1.27. The fourth-order valence-electron chi connectivity index (χ4n) is 0.998. The van der Waals surface area contributed by atoms with Gasteiger partial charge in [-0.05, 0) is 17.5 Å². The molecule has 0 fully saturated rings. The Kier molecular flexibility index (Phi) is 5.94. The molecule has 1 aromatic rings. The normalized spacial score (nSPS) is 12.6. The first-order chi connectivity index (χ1) is 6.83. The number of thiophene rings is 1. The second kappa shape index (κ2) is 7.06. The summed E-state index contributed by atoms with van der Waals surface area (Å²) in [5.41, 5.74) is 0. The molecule has 0 aliphatic heterocycles. The molecule has 1 atom stereocenters. The van der Waals surface area contributed by atoms with E-state index in [4.69, 9.17) is 0 Å². The van der Waals surface area contributed by atoms with E-state index in [1.54, 1.807) is 23.1 Å². The van der Waals surface area contributed by atoms with E-state index >= 15 is 0 Å². The molecule has 2 nitrogen and oxygen atoms in total. The van der Waals surface area contributed by atoms with E-state index in [1.165, 1.54) is 4.21 Å². The minimum Gasteiger partial charge on any atom is -0.386 e. The summed E-state index contributed by atoms with van der Waals surface area (Å²) in [5, 5.41) is 13.7. The molecule has 1 heterocycles. The topological polar surface area (TPSA) is 36.8 Å². The molecule has 0 aliphatic rings. The molecule has 14 heavy (non-hydrogen) atoms. The van der Waals surface area contributed by atoms with Crippen molar-refractivity contribution in [2.24, 2.45) is 0 Å². The van der Waals surface area contributed by atoms with Gasteiger partial charge in [-0.25, -0.2) is 0 Å². The smallest absolute Gasteiger partial charge is 0.112 e. The van der Waals surface area contributed by atoms with E-state index < -0.39 is 0 Å². The van der Waals surface area contributed by atoms with E-state index in [0.29, 0.717) is 0 Å². The molecule has 0 unspecified atom stereocenters. The van der Waals surface area contributed by atoms with Crippen molar-refractivity contribution in [3.63, 3.8) is 0 Å². The Morgan fingerprint density at radius 1 is 1.71 bits per heavy atom. The van der Waals surface area contributed by atoms with Crippen LogP contribution in [0.2, 0.25) is 0 Å². The van der Waals surface area contributed by atoms with E-state index in [2.05, 4.69) is 23.3 Å². The van der Waals surface area contributed by atoms with E-state index in [0.717, 1.165) is 18.8 Å². The fraction of sp³-hybridized carbons (Fsp3) is 0.400. The molecular formula is C10H16NOS2+. The maximum atomic E-state index is 9.59. The molecule has 1 rings (SSSR count). The molecule has 0 saturated heterocycles. The van der Waals surface area contributed by atoms with Crippen molar-refractivity contribution in [1.29, 1.82) is 0 Å². The van der Waals surface area contributed by atoms with Gasteiger partial charge in [0.15, 0.2) is 0 Å². The minimum absolute atomic E-state index is 0.234. The summed E-state index contributed by atoms with van der Waals surface area (Å²) in [5.74, 6) is 0.772. The van der Waals surface area contributed by atoms with Crippen LogP contribution in [0.3, 0.4) is 0 Å². The molecule has 0 aliphatic carbocycles. The number of thioether (sulfide) groups is 1. The molecule has 0 spiro atoms. The third-order valence-electron chi connectivity index (χ3n) is 1.69. The average molecular weight is 230 g/mol. The van der Waals surface area contributed by atoms with Gasteiger partial charge in [-0.15, -0.1) is 23.1 Å². The zero-order chi connectivity index (χ0) is 10.2. The number of nitrogens with two attached hydrogens (primary N) is 1. The molecule has 4 heteroatoms. The van der Waals surface area contributed by atoms with E-state index in [1.807, 2.05) is 12.1 Å². The summed E-state index contributed by atoms with van der Waals surface area (Å²) in [7, 11) is 0. The molecule has 0 radical (unpaired) electrons. The van der Waals surface area contributed by atoms with Crippen LogP contribution in [0.5, 0.6) is 0 Å². The number of aliphatic hydroxyl groups excluding tert-OH is 1. The van der Waals surface area contributed by atoms with Crippen LogP contribution >= 0.6 is 23.1 Å². The first kappa shape index (κ1) is 11.8. The van der Waals surface area contributed by atoms with Gasteiger partial charge in [0.1, 0.15) is 12.6 Å². The van der Waals surface area contributed by atoms with Crippen LogP contribution in [0.15, 0.2) is 34.4 Å². The van der Waals surface area contributed by atoms with Crippen LogP contribution in [0.25, 0.3) is 0 Å². The predicted molar refractivity (Wildman–Crippen MR) is 62.9 cm³/mol. The van der Waals surface area contributed by atoms with Gasteiger partial charge < -0.3 is 10.4 Å². The summed E-state index contributed by atoms with van der Waals surface area (Å²) in [6, 6.07) is 4.11. The Bertz CT molecular complexity index is 249. The minimum atomic E-state index is -0.234. The van der Waals surface area contributed by atoms with Gasteiger partial charge in [0.2, 0.25) is 0 Å². The maximum Gasteiger partial charge on any atom is 0.112 e. The average Bonchev–Trinajstić information content (AvgIpc) is 2.68. The Morgan fingerprint density at radius 2 is 2.57 bits per heavy atom. The third-order valence-corrected chi connectivity index (χ3v) is 3.96. The Balaban J connectivity index is 2.08. The molecule has 0 amide bonds. The molecular weight excluding hydrogens is 214 g/mol. The van der Waals surface area contributed by atoms with Crippen molar-refractivity contribution in [3.8, 4) is 0 Å². The quantitative estimate of drug-likeness (QED) is 0.416. The number of hydrogen-bond acceptors (Lipinski definition) is 3. The lowest BCUT2D eigenvalue weighted by molar-refractivity contribution is -0.651. The van der Waals surface area contributed by atoms with Gasteiger partial charge in [-0.1, -0.05) is 12.6 Å². The largest absolute Gasteiger partial charge is 0.386 e. The van der Waals surface area contributed by atoms with Crippen LogP contribution in [0, 0.1) is 0 Å². The number of hydrogen-bond donors (Lipinski definition) is 2. The van der Waals surface area contributed by atoms with Gasteiger partial charge in [0.25, 0.3) is 0 Å². The lowest BCUT2D eigenvalue weighted by Crippen LogP contribution is -2.86. The zero-order valence-corrected chi connectivity index (χ0v) is 9.69. The van der Waals surface area contributed by atoms with Gasteiger partial charge in [-0.3, -0.25) is 0 Å². The lowest BCUT2D eigenvalue weighted by atomic mass is 10.4. The second-order valence-corrected chi connectivity index (χ2v) is 5.21. The van der Waals surface area contributed by atoms with Crippen LogP contribution < -0.4 is 5.32 Å². The van der Waals surface area contributed by atoms with E-state index in [9.17, 15) is 5.11 Å². The van der Waals surface area contributed by atoms with Crippen molar-refractivity contribution in [1.82, 2.24) is 0 Å². The van der Waals surface area contributed by atoms with Gasteiger partial charge >= 0.3 is 0 Å². The van der Waals surface area contributed by atoms with Crippen molar-refractivity contribution < 1.29 is 10.4 Å². The van der Waals surface area contributed by atoms with Gasteiger partial charge in [0.05, 0.1) is 10.8 Å². The molecule has 0 saturated carbocycles. The van der Waals surface area contributed by atoms with Crippen LogP contribution in [0.4, 0.5) is 0 Å². The molecule has 3 N–H and O–H groups in total.